The minimum atomic E-state index is -1.06. The normalized spacial score (nSPS) is 8.81. The molecule has 0 unspecified atom stereocenters. The number of rotatable bonds is 5. The molecule has 0 bridgehead atoms. The summed E-state index contributed by atoms with van der Waals surface area (Å²) in [5.41, 5.74) is 0.667. The quantitative estimate of drug-likeness (QED) is 0.481. The topological polar surface area (TPSA) is 133 Å². The third-order valence-electron chi connectivity index (χ3n) is 2.09. The molecule has 0 fully saturated rings. The van der Waals surface area contributed by atoms with E-state index in [1.54, 1.807) is 12.1 Å². The number of nitro benzene ring substituents is 1. The molecule has 0 atom stereocenters. The lowest BCUT2D eigenvalue weighted by Crippen LogP contribution is -2.01. The predicted molar refractivity (Wildman–Crippen MR) is 74.9 cm³/mol. The molecular formula is C13H15N3O5. The van der Waals surface area contributed by atoms with Gasteiger partial charge in [-0.05, 0) is 26.0 Å². The standard InChI is InChI=1S/C9H9N3O2.C4H6O3/c1-2-11-8-4-3-7(6-10)5-9(8)12(13)14;1-3(5)2-4(6)7/h3-5,11H,2H2,1H3;2H2,1H3,(H,6,7). The van der Waals surface area contributed by atoms with Crippen molar-refractivity contribution in [2.24, 2.45) is 0 Å². The van der Waals surface area contributed by atoms with Crippen LogP contribution in [0.4, 0.5) is 11.4 Å². The molecule has 21 heavy (non-hydrogen) atoms. The highest BCUT2D eigenvalue weighted by atomic mass is 16.6. The largest absolute Gasteiger partial charge is 0.481 e. The number of hydrogen-bond acceptors (Lipinski definition) is 6. The number of carboxylic acid groups (broad SMARTS) is 1. The van der Waals surface area contributed by atoms with Crippen LogP contribution in [0.15, 0.2) is 18.2 Å². The maximum atomic E-state index is 10.6. The molecular weight excluding hydrogens is 278 g/mol. The van der Waals surface area contributed by atoms with Crippen molar-refractivity contribution in [2.75, 3.05) is 11.9 Å². The van der Waals surface area contributed by atoms with E-state index in [4.69, 9.17) is 10.4 Å². The Bertz CT molecular complexity index is 566. The lowest BCUT2D eigenvalue weighted by molar-refractivity contribution is -0.384. The Balaban J connectivity index is 0.000000486. The van der Waals surface area contributed by atoms with Crippen LogP contribution in [-0.2, 0) is 9.59 Å². The van der Waals surface area contributed by atoms with Gasteiger partial charge in [0, 0.05) is 12.6 Å². The molecule has 0 aliphatic carbocycles. The van der Waals surface area contributed by atoms with Gasteiger partial charge in [0.25, 0.3) is 5.69 Å². The van der Waals surface area contributed by atoms with Gasteiger partial charge in [-0.1, -0.05) is 0 Å². The van der Waals surface area contributed by atoms with Crippen LogP contribution in [0.5, 0.6) is 0 Å². The molecule has 0 spiro atoms. The van der Waals surface area contributed by atoms with Gasteiger partial charge in [0.2, 0.25) is 0 Å². The van der Waals surface area contributed by atoms with E-state index in [2.05, 4.69) is 5.32 Å². The zero-order valence-electron chi connectivity index (χ0n) is 11.6. The van der Waals surface area contributed by atoms with E-state index in [1.807, 2.05) is 13.0 Å². The van der Waals surface area contributed by atoms with Crippen LogP contribution in [-0.4, -0.2) is 28.3 Å². The first kappa shape index (κ1) is 18.0. The van der Waals surface area contributed by atoms with Crippen molar-refractivity contribution in [3.8, 4) is 6.07 Å². The fourth-order valence-electron chi connectivity index (χ4n) is 1.31. The van der Waals surface area contributed by atoms with Gasteiger partial charge >= 0.3 is 5.97 Å². The summed E-state index contributed by atoms with van der Waals surface area (Å²) in [6.07, 6.45) is -0.361. The molecule has 8 heteroatoms. The number of Topliss-reactive ketones (excluding diaryl/α,β-unsaturated/α-hetero) is 1. The highest BCUT2D eigenvalue weighted by Crippen LogP contribution is 2.24. The maximum Gasteiger partial charge on any atom is 0.310 e. The highest BCUT2D eigenvalue weighted by Gasteiger charge is 2.13. The minimum absolute atomic E-state index is 0.0640. The molecule has 0 aliphatic rings. The van der Waals surface area contributed by atoms with E-state index < -0.39 is 10.9 Å². The smallest absolute Gasteiger partial charge is 0.310 e. The van der Waals surface area contributed by atoms with Gasteiger partial charge in [0.15, 0.2) is 0 Å². The van der Waals surface area contributed by atoms with Crippen LogP contribution in [0.2, 0.25) is 0 Å². The number of carboxylic acids is 1. The molecule has 2 N–H and O–H groups in total. The van der Waals surface area contributed by atoms with Crippen LogP contribution in [0.3, 0.4) is 0 Å². The third-order valence-corrected chi connectivity index (χ3v) is 2.09. The molecule has 0 aliphatic heterocycles. The van der Waals surface area contributed by atoms with E-state index in [0.717, 1.165) is 0 Å². The molecule has 0 saturated carbocycles. The lowest BCUT2D eigenvalue weighted by atomic mass is 10.2. The second kappa shape index (κ2) is 9.03. The number of benzene rings is 1. The number of nitrogens with zero attached hydrogens (tertiary/aromatic N) is 2. The summed E-state index contributed by atoms with van der Waals surface area (Å²) in [4.78, 5) is 29.6. The van der Waals surface area contributed by atoms with Gasteiger partial charge < -0.3 is 10.4 Å². The first-order chi connectivity index (χ1) is 9.81. The lowest BCUT2D eigenvalue weighted by Gasteiger charge is -2.03. The van der Waals surface area contributed by atoms with Crippen LogP contribution in [0, 0.1) is 21.4 Å². The number of nitriles is 1. The van der Waals surface area contributed by atoms with Crippen molar-refractivity contribution in [1.82, 2.24) is 0 Å². The van der Waals surface area contributed by atoms with Gasteiger partial charge in [0.1, 0.15) is 17.9 Å². The minimum Gasteiger partial charge on any atom is -0.481 e. The summed E-state index contributed by atoms with van der Waals surface area (Å²) >= 11 is 0. The average Bonchev–Trinajstić information content (AvgIpc) is 2.38. The van der Waals surface area contributed by atoms with E-state index >= 15 is 0 Å². The van der Waals surface area contributed by atoms with Crippen LogP contribution in [0.25, 0.3) is 0 Å². The van der Waals surface area contributed by atoms with Gasteiger partial charge in [0.05, 0.1) is 16.6 Å². The summed E-state index contributed by atoms with van der Waals surface area (Å²) in [6, 6.07) is 6.21. The van der Waals surface area contributed by atoms with Gasteiger partial charge in [-0.3, -0.25) is 19.7 Å². The molecule has 112 valence electrons. The Morgan fingerprint density at radius 3 is 2.43 bits per heavy atom. The molecule has 1 rings (SSSR count). The zero-order valence-corrected chi connectivity index (χ0v) is 11.6. The van der Waals surface area contributed by atoms with E-state index in [1.165, 1.54) is 13.0 Å². The van der Waals surface area contributed by atoms with Crippen molar-refractivity contribution in [3.05, 3.63) is 33.9 Å². The second-order valence-corrected chi connectivity index (χ2v) is 3.90. The summed E-state index contributed by atoms with van der Waals surface area (Å²) in [5, 5.41) is 29.9. The molecule has 0 heterocycles. The SMILES string of the molecule is CC(=O)CC(=O)O.CCNc1ccc(C#N)cc1[N+](=O)[O-]. The monoisotopic (exact) mass is 293 g/mol. The van der Waals surface area contributed by atoms with Crippen molar-refractivity contribution < 1.29 is 19.6 Å². The summed E-state index contributed by atoms with van der Waals surface area (Å²) in [7, 11) is 0. The molecule has 0 saturated heterocycles. The molecule has 8 nitrogen and oxygen atoms in total. The van der Waals surface area contributed by atoms with Crippen molar-refractivity contribution >= 4 is 23.1 Å². The number of nitro groups is 1. The van der Waals surface area contributed by atoms with E-state index in [-0.39, 0.29) is 17.9 Å². The Morgan fingerprint density at radius 2 is 2.10 bits per heavy atom. The summed E-state index contributed by atoms with van der Waals surface area (Å²) in [6.45, 7) is 3.70. The molecule has 0 amide bonds. The first-order valence-electron chi connectivity index (χ1n) is 5.95. The highest BCUT2D eigenvalue weighted by molar-refractivity contribution is 5.93. The van der Waals surface area contributed by atoms with E-state index in [9.17, 15) is 19.7 Å². The second-order valence-electron chi connectivity index (χ2n) is 3.90. The van der Waals surface area contributed by atoms with Gasteiger partial charge in [-0.15, -0.1) is 0 Å². The first-order valence-corrected chi connectivity index (χ1v) is 5.95. The van der Waals surface area contributed by atoms with Crippen molar-refractivity contribution in [3.63, 3.8) is 0 Å². The average molecular weight is 293 g/mol. The van der Waals surface area contributed by atoms with Crippen LogP contribution >= 0.6 is 0 Å². The zero-order chi connectivity index (χ0) is 16.4. The molecule has 1 aromatic rings. The van der Waals surface area contributed by atoms with Crippen LogP contribution in [0.1, 0.15) is 25.8 Å². The Labute approximate surface area is 121 Å². The molecule has 0 radical (unpaired) electrons. The summed E-state index contributed by atoms with van der Waals surface area (Å²) < 4.78 is 0. The molecule has 0 aromatic heterocycles. The fraction of sp³-hybridized carbons (Fsp3) is 0.308. The van der Waals surface area contributed by atoms with Gasteiger partial charge in [-0.2, -0.15) is 5.26 Å². The van der Waals surface area contributed by atoms with Crippen LogP contribution < -0.4 is 5.32 Å². The Hall–Kier alpha value is -2.95. The van der Waals surface area contributed by atoms with Crippen molar-refractivity contribution in [1.29, 1.82) is 5.26 Å². The molecule has 1 aromatic carbocycles. The number of ketones is 1. The summed E-state index contributed by atoms with van der Waals surface area (Å²) in [5.74, 6) is -1.37. The fourth-order valence-corrected chi connectivity index (χ4v) is 1.31. The number of aliphatic carboxylic acids is 1. The van der Waals surface area contributed by atoms with Crippen molar-refractivity contribution in [2.45, 2.75) is 20.3 Å². The Kier molecular flexibility index (Phi) is 7.76. The third kappa shape index (κ3) is 7.27. The predicted octanol–water partition coefficient (Wildman–Crippen LogP) is 1.95. The van der Waals surface area contributed by atoms with Gasteiger partial charge in [-0.25, -0.2) is 0 Å². The maximum absolute atomic E-state index is 10.6. The Morgan fingerprint density at radius 1 is 1.48 bits per heavy atom. The number of nitrogens with one attached hydrogen (secondary N) is 1. The number of carbonyl (C=O) groups is 2. The number of anilines is 1. The number of hydrogen-bond donors (Lipinski definition) is 2. The number of carbonyl (C=O) groups excluding carboxylic acids is 1. The van der Waals surface area contributed by atoms with E-state index in [0.29, 0.717) is 17.8 Å².